The lowest BCUT2D eigenvalue weighted by atomic mass is 9.65. The van der Waals surface area contributed by atoms with Crippen molar-refractivity contribution in [3.8, 4) is 0 Å². The molecule has 0 bridgehead atoms. The second kappa shape index (κ2) is 5.54. The van der Waals surface area contributed by atoms with Crippen molar-refractivity contribution in [2.75, 3.05) is 20.3 Å². The number of hydrogen-bond acceptors (Lipinski definition) is 3. The molecule has 0 radical (unpaired) electrons. The fourth-order valence-electron chi connectivity index (χ4n) is 3.06. The molecule has 0 saturated carbocycles. The molecule has 1 aliphatic rings. The van der Waals surface area contributed by atoms with E-state index in [-0.39, 0.29) is 5.41 Å². The van der Waals surface area contributed by atoms with Crippen LogP contribution in [0.3, 0.4) is 0 Å². The van der Waals surface area contributed by atoms with Gasteiger partial charge in [0.2, 0.25) is 0 Å². The molecule has 1 atom stereocenters. The number of benzene rings is 1. The molecule has 0 spiro atoms. The Labute approximate surface area is 120 Å². The minimum Gasteiger partial charge on any atom is -0.480 e. The summed E-state index contributed by atoms with van der Waals surface area (Å²) in [7, 11) is 1.62. The number of fused-ring (bicyclic) bond motifs is 1. The van der Waals surface area contributed by atoms with Gasteiger partial charge < -0.3 is 9.84 Å². The molecular weight excluding hydrogens is 254 g/mol. The second-order valence-electron chi connectivity index (χ2n) is 6.06. The minimum absolute atomic E-state index is 0.0124. The number of carboxylic acids is 1. The summed E-state index contributed by atoms with van der Waals surface area (Å²) in [5.74, 6) is -0.809. The van der Waals surface area contributed by atoms with Gasteiger partial charge in [-0.25, -0.2) is 4.79 Å². The molecular formula is C16H23NO3. The molecule has 0 aromatic heterocycles. The van der Waals surface area contributed by atoms with Gasteiger partial charge in [-0.1, -0.05) is 38.1 Å². The first-order valence-corrected chi connectivity index (χ1v) is 7.01. The summed E-state index contributed by atoms with van der Waals surface area (Å²) >= 11 is 0. The lowest BCUT2D eigenvalue weighted by Crippen LogP contribution is -2.54. The zero-order chi connectivity index (χ0) is 14.8. The van der Waals surface area contributed by atoms with E-state index in [0.29, 0.717) is 19.6 Å². The Morgan fingerprint density at radius 1 is 1.30 bits per heavy atom. The molecule has 1 unspecified atom stereocenters. The zero-order valence-corrected chi connectivity index (χ0v) is 12.4. The standard InChI is InChI=1S/C16H23NO3/c1-15(2)8-9-16(14(18)19,17-10-11-20-3)13-7-5-4-6-12(13)15/h4-7,17H,8-11H2,1-3H3,(H,18,19). The van der Waals surface area contributed by atoms with Crippen molar-refractivity contribution in [2.45, 2.75) is 37.6 Å². The van der Waals surface area contributed by atoms with Gasteiger partial charge in [-0.2, -0.15) is 0 Å². The summed E-state index contributed by atoms with van der Waals surface area (Å²) < 4.78 is 5.03. The molecule has 4 heteroatoms. The number of carboxylic acid groups (broad SMARTS) is 1. The van der Waals surface area contributed by atoms with Gasteiger partial charge in [0, 0.05) is 13.7 Å². The van der Waals surface area contributed by atoms with E-state index >= 15 is 0 Å². The molecule has 1 aliphatic carbocycles. The largest absolute Gasteiger partial charge is 0.480 e. The first kappa shape index (κ1) is 15.0. The van der Waals surface area contributed by atoms with E-state index in [0.717, 1.165) is 17.5 Å². The van der Waals surface area contributed by atoms with E-state index in [1.165, 1.54) is 0 Å². The molecule has 1 aromatic carbocycles. The van der Waals surface area contributed by atoms with Crippen LogP contribution in [0.2, 0.25) is 0 Å². The predicted molar refractivity (Wildman–Crippen MR) is 77.9 cm³/mol. The third-order valence-electron chi connectivity index (χ3n) is 4.34. The van der Waals surface area contributed by atoms with Crippen molar-refractivity contribution < 1.29 is 14.6 Å². The van der Waals surface area contributed by atoms with E-state index in [1.807, 2.05) is 24.3 Å². The van der Waals surface area contributed by atoms with Gasteiger partial charge in [0.1, 0.15) is 5.54 Å². The quantitative estimate of drug-likeness (QED) is 0.811. The Bertz CT molecular complexity index is 498. The Morgan fingerprint density at radius 2 is 1.95 bits per heavy atom. The van der Waals surface area contributed by atoms with Gasteiger partial charge in [-0.05, 0) is 29.4 Å². The van der Waals surface area contributed by atoms with Crippen LogP contribution in [0.1, 0.15) is 37.8 Å². The van der Waals surface area contributed by atoms with Gasteiger partial charge >= 0.3 is 5.97 Å². The molecule has 1 aromatic rings. The maximum atomic E-state index is 11.9. The Balaban J connectivity index is 2.46. The van der Waals surface area contributed by atoms with Gasteiger partial charge in [0.25, 0.3) is 0 Å². The summed E-state index contributed by atoms with van der Waals surface area (Å²) in [4.78, 5) is 11.9. The number of carbonyl (C=O) groups is 1. The fourth-order valence-corrected chi connectivity index (χ4v) is 3.06. The number of aliphatic carboxylic acids is 1. The molecule has 2 N–H and O–H groups in total. The normalized spacial score (nSPS) is 24.1. The van der Waals surface area contributed by atoms with Crippen LogP contribution < -0.4 is 5.32 Å². The van der Waals surface area contributed by atoms with Crippen LogP contribution in [-0.2, 0) is 20.5 Å². The summed E-state index contributed by atoms with van der Waals surface area (Å²) in [5.41, 5.74) is 1.03. The minimum atomic E-state index is -0.995. The predicted octanol–water partition coefficient (Wildman–Crippen LogP) is 2.27. The molecule has 0 amide bonds. The summed E-state index contributed by atoms with van der Waals surface area (Å²) in [6.07, 6.45) is 1.44. The first-order valence-electron chi connectivity index (χ1n) is 7.01. The molecule has 0 heterocycles. The van der Waals surface area contributed by atoms with Crippen LogP contribution >= 0.6 is 0 Å². The Kier molecular flexibility index (Phi) is 4.16. The van der Waals surface area contributed by atoms with E-state index in [1.54, 1.807) is 7.11 Å². The molecule has 0 aliphatic heterocycles. The second-order valence-corrected chi connectivity index (χ2v) is 6.06. The first-order chi connectivity index (χ1) is 9.44. The maximum Gasteiger partial charge on any atom is 0.328 e. The molecule has 0 fully saturated rings. The monoisotopic (exact) mass is 277 g/mol. The van der Waals surface area contributed by atoms with Crippen molar-refractivity contribution in [1.82, 2.24) is 5.32 Å². The lowest BCUT2D eigenvalue weighted by Gasteiger charge is -2.43. The summed E-state index contributed by atoms with van der Waals surface area (Å²) in [6.45, 7) is 5.37. The smallest absolute Gasteiger partial charge is 0.328 e. The molecule has 0 saturated heterocycles. The maximum absolute atomic E-state index is 11.9. The fraction of sp³-hybridized carbons (Fsp3) is 0.562. The number of rotatable bonds is 5. The highest BCUT2D eigenvalue weighted by molar-refractivity contribution is 5.82. The average molecular weight is 277 g/mol. The Hall–Kier alpha value is -1.39. The Morgan fingerprint density at radius 3 is 2.55 bits per heavy atom. The van der Waals surface area contributed by atoms with E-state index in [2.05, 4.69) is 19.2 Å². The topological polar surface area (TPSA) is 58.6 Å². The van der Waals surface area contributed by atoms with E-state index < -0.39 is 11.5 Å². The highest BCUT2D eigenvalue weighted by Crippen LogP contribution is 2.44. The number of methoxy groups -OCH3 is 1. The zero-order valence-electron chi connectivity index (χ0n) is 12.4. The van der Waals surface area contributed by atoms with Crippen LogP contribution in [0, 0.1) is 0 Å². The van der Waals surface area contributed by atoms with Crippen LogP contribution in [0.4, 0.5) is 0 Å². The van der Waals surface area contributed by atoms with Gasteiger partial charge in [-0.15, -0.1) is 0 Å². The van der Waals surface area contributed by atoms with E-state index in [9.17, 15) is 9.90 Å². The number of hydrogen-bond donors (Lipinski definition) is 2. The van der Waals surface area contributed by atoms with Crippen molar-refractivity contribution in [1.29, 1.82) is 0 Å². The van der Waals surface area contributed by atoms with Crippen LogP contribution in [0.25, 0.3) is 0 Å². The highest BCUT2D eigenvalue weighted by Gasteiger charge is 2.47. The summed E-state index contributed by atoms with van der Waals surface area (Å²) in [6, 6.07) is 7.87. The third kappa shape index (κ3) is 2.45. The van der Waals surface area contributed by atoms with Crippen molar-refractivity contribution in [3.05, 3.63) is 35.4 Å². The highest BCUT2D eigenvalue weighted by atomic mass is 16.5. The average Bonchev–Trinajstić information content (AvgIpc) is 2.42. The number of ether oxygens (including phenoxy) is 1. The van der Waals surface area contributed by atoms with Crippen molar-refractivity contribution >= 4 is 5.97 Å². The third-order valence-corrected chi connectivity index (χ3v) is 4.34. The molecule has 4 nitrogen and oxygen atoms in total. The number of nitrogens with one attached hydrogen (secondary N) is 1. The van der Waals surface area contributed by atoms with E-state index in [4.69, 9.17) is 4.74 Å². The van der Waals surface area contributed by atoms with Crippen LogP contribution in [-0.4, -0.2) is 31.3 Å². The molecule has 20 heavy (non-hydrogen) atoms. The lowest BCUT2D eigenvalue weighted by molar-refractivity contribution is -0.146. The molecule has 110 valence electrons. The summed E-state index contributed by atoms with van der Waals surface area (Å²) in [5, 5.41) is 13.0. The van der Waals surface area contributed by atoms with Gasteiger partial charge in [-0.3, -0.25) is 5.32 Å². The molecule has 2 rings (SSSR count). The SMILES string of the molecule is COCCNC1(C(=O)O)CCC(C)(C)c2ccccc21. The van der Waals surface area contributed by atoms with Crippen molar-refractivity contribution in [3.63, 3.8) is 0 Å². The van der Waals surface area contributed by atoms with Gasteiger partial charge in [0.15, 0.2) is 0 Å². The van der Waals surface area contributed by atoms with Crippen LogP contribution in [0.15, 0.2) is 24.3 Å². The van der Waals surface area contributed by atoms with Crippen LogP contribution in [0.5, 0.6) is 0 Å². The van der Waals surface area contributed by atoms with Gasteiger partial charge in [0.05, 0.1) is 6.61 Å². The van der Waals surface area contributed by atoms with Crippen molar-refractivity contribution in [2.24, 2.45) is 0 Å².